The van der Waals surface area contributed by atoms with Gasteiger partial charge in [0.2, 0.25) is 0 Å². The maximum atomic E-state index is 11.1. The van der Waals surface area contributed by atoms with Gasteiger partial charge in [0.15, 0.2) is 0 Å². The molecule has 14 heavy (non-hydrogen) atoms. The molecule has 0 unspecified atom stereocenters. The Bertz CT molecular complexity index is 201. The zero-order valence-corrected chi connectivity index (χ0v) is 8.84. The number of nitrogens with one attached hydrogen (secondary N) is 1. The summed E-state index contributed by atoms with van der Waals surface area (Å²) in [5.74, 6) is -0.114. The number of esters is 1. The lowest BCUT2D eigenvalue weighted by molar-refractivity contribution is -0.142. The lowest BCUT2D eigenvalue weighted by Crippen LogP contribution is -2.13. The third kappa shape index (κ3) is 4.42. The van der Waals surface area contributed by atoms with Crippen molar-refractivity contribution in [1.29, 1.82) is 0 Å². The van der Waals surface area contributed by atoms with Crippen LogP contribution in [0.15, 0.2) is 11.6 Å². The fourth-order valence-corrected chi connectivity index (χ4v) is 1.59. The Balaban J connectivity index is 2.30. The Morgan fingerprint density at radius 3 is 3.14 bits per heavy atom. The molecule has 0 radical (unpaired) electrons. The molecule has 1 aliphatic rings. The summed E-state index contributed by atoms with van der Waals surface area (Å²) in [5, 5.41) is 3.33. The van der Waals surface area contributed by atoms with Crippen LogP contribution in [0.25, 0.3) is 0 Å². The molecule has 0 spiro atoms. The summed E-state index contributed by atoms with van der Waals surface area (Å²) in [6, 6.07) is 0. The van der Waals surface area contributed by atoms with E-state index in [9.17, 15) is 4.79 Å². The molecule has 1 aliphatic heterocycles. The van der Waals surface area contributed by atoms with Crippen molar-refractivity contribution in [3.63, 3.8) is 0 Å². The van der Waals surface area contributed by atoms with Crippen molar-refractivity contribution < 1.29 is 9.53 Å². The fourth-order valence-electron chi connectivity index (χ4n) is 1.59. The first kappa shape index (κ1) is 11.2. The highest BCUT2D eigenvalue weighted by Crippen LogP contribution is 2.12. The van der Waals surface area contributed by atoms with Gasteiger partial charge in [0.1, 0.15) is 0 Å². The third-order valence-corrected chi connectivity index (χ3v) is 2.34. The third-order valence-electron chi connectivity index (χ3n) is 2.34. The number of rotatable bonds is 3. The van der Waals surface area contributed by atoms with Gasteiger partial charge in [0.25, 0.3) is 0 Å². The van der Waals surface area contributed by atoms with Gasteiger partial charge in [-0.1, -0.05) is 11.6 Å². The van der Waals surface area contributed by atoms with E-state index < -0.39 is 0 Å². The monoisotopic (exact) mass is 197 g/mol. The van der Waals surface area contributed by atoms with Crippen molar-refractivity contribution >= 4 is 5.97 Å². The zero-order valence-electron chi connectivity index (χ0n) is 8.84. The molecule has 1 N–H and O–H groups in total. The summed E-state index contributed by atoms with van der Waals surface area (Å²) < 4.78 is 4.87. The molecule has 3 nitrogen and oxygen atoms in total. The number of ether oxygens (including phenoxy) is 1. The highest BCUT2D eigenvalue weighted by atomic mass is 16.5. The lowest BCUT2D eigenvalue weighted by atomic mass is 10.1. The van der Waals surface area contributed by atoms with Crippen LogP contribution >= 0.6 is 0 Å². The highest BCUT2D eigenvalue weighted by Gasteiger charge is 2.04. The van der Waals surface area contributed by atoms with E-state index >= 15 is 0 Å². The fraction of sp³-hybridized carbons (Fsp3) is 0.727. The van der Waals surface area contributed by atoms with Gasteiger partial charge >= 0.3 is 5.97 Å². The maximum Gasteiger partial charge on any atom is 0.309 e. The van der Waals surface area contributed by atoms with Crippen LogP contribution in [0.5, 0.6) is 0 Å². The Morgan fingerprint density at radius 2 is 2.36 bits per heavy atom. The van der Waals surface area contributed by atoms with E-state index in [2.05, 4.69) is 5.32 Å². The van der Waals surface area contributed by atoms with E-state index in [0.29, 0.717) is 13.0 Å². The van der Waals surface area contributed by atoms with Gasteiger partial charge in [-0.3, -0.25) is 4.79 Å². The second-order valence-corrected chi connectivity index (χ2v) is 3.48. The van der Waals surface area contributed by atoms with Gasteiger partial charge in [0, 0.05) is 0 Å². The average Bonchev–Trinajstić information content (AvgIpc) is 2.43. The van der Waals surface area contributed by atoms with Crippen molar-refractivity contribution in [2.45, 2.75) is 32.6 Å². The average molecular weight is 197 g/mol. The summed E-state index contributed by atoms with van der Waals surface area (Å²) in [4.78, 5) is 11.1. The molecule has 1 heterocycles. The van der Waals surface area contributed by atoms with E-state index in [1.165, 1.54) is 12.0 Å². The molecule has 0 bridgehead atoms. The standard InChI is InChI=1S/C11H19NO2/c1-2-14-11(13)6-5-10-4-3-8-12-9-7-10/h5,12H,2-4,6-9H2,1H3/b10-5+. The number of carbonyl (C=O) groups excluding carboxylic acids is 1. The smallest absolute Gasteiger partial charge is 0.309 e. The van der Waals surface area contributed by atoms with Crippen molar-refractivity contribution in [1.82, 2.24) is 5.32 Å². The number of hydrogen-bond acceptors (Lipinski definition) is 3. The highest BCUT2D eigenvalue weighted by molar-refractivity contribution is 5.71. The topological polar surface area (TPSA) is 38.3 Å². The van der Waals surface area contributed by atoms with Gasteiger partial charge in [-0.2, -0.15) is 0 Å². The molecule has 1 rings (SSSR count). The largest absolute Gasteiger partial charge is 0.466 e. The Kier molecular flexibility index (Phi) is 5.30. The van der Waals surface area contributed by atoms with Gasteiger partial charge < -0.3 is 10.1 Å². The van der Waals surface area contributed by atoms with Gasteiger partial charge in [-0.05, 0) is 39.3 Å². The first-order valence-electron chi connectivity index (χ1n) is 5.37. The first-order valence-corrected chi connectivity index (χ1v) is 5.37. The van der Waals surface area contributed by atoms with Crippen LogP contribution in [-0.4, -0.2) is 25.7 Å². The molecule has 1 saturated heterocycles. The summed E-state index contributed by atoms with van der Waals surface area (Å²) in [6.45, 7) is 4.44. The van der Waals surface area contributed by atoms with Crippen LogP contribution in [0.1, 0.15) is 32.6 Å². The minimum atomic E-state index is -0.114. The van der Waals surface area contributed by atoms with Crippen LogP contribution in [0.2, 0.25) is 0 Å². The van der Waals surface area contributed by atoms with Gasteiger partial charge in [-0.25, -0.2) is 0 Å². The predicted molar refractivity (Wildman–Crippen MR) is 56.1 cm³/mol. The molecule has 0 atom stereocenters. The van der Waals surface area contributed by atoms with Crippen LogP contribution in [0.3, 0.4) is 0 Å². The normalized spacial score (nSPS) is 20.5. The van der Waals surface area contributed by atoms with Crippen LogP contribution in [0, 0.1) is 0 Å². The molecule has 0 amide bonds. The van der Waals surface area contributed by atoms with Crippen molar-refractivity contribution in [3.05, 3.63) is 11.6 Å². The lowest BCUT2D eigenvalue weighted by Gasteiger charge is -2.02. The maximum absolute atomic E-state index is 11.1. The second-order valence-electron chi connectivity index (χ2n) is 3.48. The molecular weight excluding hydrogens is 178 g/mol. The molecule has 0 aromatic heterocycles. The van der Waals surface area contributed by atoms with E-state index in [1.807, 2.05) is 13.0 Å². The van der Waals surface area contributed by atoms with Crippen LogP contribution in [-0.2, 0) is 9.53 Å². The molecule has 3 heteroatoms. The number of carbonyl (C=O) groups is 1. The molecule has 80 valence electrons. The van der Waals surface area contributed by atoms with Crippen molar-refractivity contribution in [2.24, 2.45) is 0 Å². The second kappa shape index (κ2) is 6.60. The summed E-state index contributed by atoms with van der Waals surface area (Å²) in [7, 11) is 0. The first-order chi connectivity index (χ1) is 6.83. The Labute approximate surface area is 85.5 Å². The van der Waals surface area contributed by atoms with E-state index in [0.717, 1.165) is 25.9 Å². The summed E-state index contributed by atoms with van der Waals surface area (Å²) >= 11 is 0. The van der Waals surface area contributed by atoms with Crippen molar-refractivity contribution in [3.8, 4) is 0 Å². The Hall–Kier alpha value is -0.830. The summed E-state index contributed by atoms with van der Waals surface area (Å²) in [6.07, 6.45) is 5.83. The molecule has 0 aromatic rings. The van der Waals surface area contributed by atoms with E-state index in [1.54, 1.807) is 0 Å². The number of hydrogen-bond donors (Lipinski definition) is 1. The zero-order chi connectivity index (χ0) is 10.2. The SMILES string of the molecule is CCOC(=O)C/C=C1\CCCNCC1. The molecule has 0 aromatic carbocycles. The Morgan fingerprint density at radius 1 is 1.50 bits per heavy atom. The van der Waals surface area contributed by atoms with Crippen LogP contribution < -0.4 is 5.32 Å². The van der Waals surface area contributed by atoms with E-state index in [4.69, 9.17) is 4.74 Å². The minimum absolute atomic E-state index is 0.114. The molecule has 1 fully saturated rings. The quantitative estimate of drug-likeness (QED) is 0.552. The molecule has 0 aliphatic carbocycles. The van der Waals surface area contributed by atoms with Gasteiger partial charge in [-0.15, -0.1) is 0 Å². The van der Waals surface area contributed by atoms with Gasteiger partial charge in [0.05, 0.1) is 13.0 Å². The summed E-state index contributed by atoms with van der Waals surface area (Å²) in [5.41, 5.74) is 1.39. The van der Waals surface area contributed by atoms with Crippen LogP contribution in [0.4, 0.5) is 0 Å². The molecular formula is C11H19NO2. The minimum Gasteiger partial charge on any atom is -0.466 e. The van der Waals surface area contributed by atoms with E-state index in [-0.39, 0.29) is 5.97 Å². The predicted octanol–water partition coefficient (Wildman–Crippen LogP) is 1.64. The van der Waals surface area contributed by atoms with Crippen molar-refractivity contribution in [2.75, 3.05) is 19.7 Å². The molecule has 0 saturated carbocycles.